The molecule has 0 fully saturated rings. The second-order valence-electron chi connectivity index (χ2n) is 3.61. The van der Waals surface area contributed by atoms with Gasteiger partial charge < -0.3 is 4.74 Å². The monoisotopic (exact) mass is 267 g/mol. The molecule has 1 aliphatic heterocycles. The second-order valence-corrected chi connectivity index (χ2v) is 4.46. The van der Waals surface area contributed by atoms with E-state index in [9.17, 15) is 4.79 Å². The third-order valence-electron chi connectivity index (χ3n) is 2.33. The van der Waals surface area contributed by atoms with Crippen LogP contribution in [0.3, 0.4) is 0 Å². The summed E-state index contributed by atoms with van der Waals surface area (Å²) in [5, 5.41) is 0. The van der Waals surface area contributed by atoms with Crippen molar-refractivity contribution in [2.45, 2.75) is 26.0 Å². The number of aliphatic imine (C=N–C) groups is 1. The van der Waals surface area contributed by atoms with Crippen LogP contribution in [0, 0.1) is 0 Å². The standard InChI is InChI=1S/C11H10BrNO2/c1-7-2-9-3-8(5-13-6-14)4-10(12)11(9)15-7/h3-4,7H,2,5H2,1H3. The lowest BCUT2D eigenvalue weighted by Crippen LogP contribution is -2.05. The van der Waals surface area contributed by atoms with Gasteiger partial charge in [-0.05, 0) is 40.0 Å². The van der Waals surface area contributed by atoms with E-state index in [0.29, 0.717) is 6.54 Å². The minimum absolute atomic E-state index is 0.223. The maximum atomic E-state index is 10.0. The summed E-state index contributed by atoms with van der Waals surface area (Å²) in [5.74, 6) is 0.918. The summed E-state index contributed by atoms with van der Waals surface area (Å²) < 4.78 is 6.57. The summed E-state index contributed by atoms with van der Waals surface area (Å²) in [6, 6.07) is 3.96. The summed E-state index contributed by atoms with van der Waals surface area (Å²) in [4.78, 5) is 13.6. The number of carbonyl (C=O) groups excluding carboxylic acids is 1. The fraction of sp³-hybridized carbons (Fsp3) is 0.364. The van der Waals surface area contributed by atoms with Crippen LogP contribution in [0.25, 0.3) is 0 Å². The van der Waals surface area contributed by atoms with Crippen molar-refractivity contribution in [2.24, 2.45) is 4.99 Å². The van der Waals surface area contributed by atoms with E-state index in [1.54, 1.807) is 6.08 Å². The zero-order valence-corrected chi connectivity index (χ0v) is 9.87. The topological polar surface area (TPSA) is 38.7 Å². The largest absolute Gasteiger partial charge is 0.489 e. The molecule has 0 saturated heterocycles. The first-order valence-corrected chi connectivity index (χ1v) is 5.51. The van der Waals surface area contributed by atoms with Crippen molar-refractivity contribution in [3.8, 4) is 5.75 Å². The van der Waals surface area contributed by atoms with Crippen LogP contribution in [0.2, 0.25) is 0 Å². The molecule has 4 heteroatoms. The van der Waals surface area contributed by atoms with Gasteiger partial charge in [0, 0.05) is 6.42 Å². The number of isocyanates is 1. The number of hydrogen-bond donors (Lipinski definition) is 0. The predicted molar refractivity (Wildman–Crippen MR) is 59.8 cm³/mol. The number of hydrogen-bond acceptors (Lipinski definition) is 3. The molecule has 3 nitrogen and oxygen atoms in total. The third kappa shape index (κ3) is 2.11. The Morgan fingerprint density at radius 1 is 1.67 bits per heavy atom. The molecule has 1 unspecified atom stereocenters. The summed E-state index contributed by atoms with van der Waals surface area (Å²) in [6.45, 7) is 2.42. The van der Waals surface area contributed by atoms with Crippen molar-refractivity contribution in [1.82, 2.24) is 0 Å². The Hall–Kier alpha value is -1.12. The van der Waals surface area contributed by atoms with E-state index in [1.807, 2.05) is 19.1 Å². The lowest BCUT2D eigenvalue weighted by molar-refractivity contribution is 0.253. The molecule has 0 bridgehead atoms. The first kappa shape index (κ1) is 10.4. The van der Waals surface area contributed by atoms with Gasteiger partial charge in [-0.25, -0.2) is 9.79 Å². The minimum Gasteiger partial charge on any atom is -0.489 e. The van der Waals surface area contributed by atoms with Gasteiger partial charge in [0.25, 0.3) is 0 Å². The first-order valence-electron chi connectivity index (χ1n) is 4.72. The zero-order chi connectivity index (χ0) is 10.8. The number of benzene rings is 1. The molecule has 0 aromatic heterocycles. The molecule has 0 radical (unpaired) electrons. The third-order valence-corrected chi connectivity index (χ3v) is 2.92. The van der Waals surface area contributed by atoms with Gasteiger partial charge in [0.15, 0.2) is 0 Å². The Morgan fingerprint density at radius 3 is 3.20 bits per heavy atom. The molecule has 0 aliphatic carbocycles. The molecule has 2 rings (SSSR count). The number of halogens is 1. The molecular formula is C11H10BrNO2. The van der Waals surface area contributed by atoms with Crippen LogP contribution in [0.1, 0.15) is 18.1 Å². The summed E-state index contributed by atoms with van der Waals surface area (Å²) in [7, 11) is 0. The van der Waals surface area contributed by atoms with Gasteiger partial charge in [-0.15, -0.1) is 0 Å². The van der Waals surface area contributed by atoms with Crippen molar-refractivity contribution in [2.75, 3.05) is 0 Å². The van der Waals surface area contributed by atoms with Crippen molar-refractivity contribution in [1.29, 1.82) is 0 Å². The normalized spacial score (nSPS) is 17.9. The van der Waals surface area contributed by atoms with Gasteiger partial charge in [-0.3, -0.25) is 0 Å². The highest BCUT2D eigenvalue weighted by Gasteiger charge is 2.21. The molecule has 0 amide bonds. The average molecular weight is 268 g/mol. The molecule has 0 N–H and O–H groups in total. The van der Waals surface area contributed by atoms with Crippen LogP contribution in [-0.4, -0.2) is 12.2 Å². The van der Waals surface area contributed by atoms with E-state index < -0.39 is 0 Å². The summed E-state index contributed by atoms with van der Waals surface area (Å²) in [6.07, 6.45) is 2.67. The van der Waals surface area contributed by atoms with E-state index in [2.05, 4.69) is 20.9 Å². The van der Waals surface area contributed by atoms with Gasteiger partial charge in [-0.1, -0.05) is 6.07 Å². The maximum Gasteiger partial charge on any atom is 0.235 e. The molecule has 15 heavy (non-hydrogen) atoms. The van der Waals surface area contributed by atoms with Crippen LogP contribution in [-0.2, 0) is 17.8 Å². The Morgan fingerprint density at radius 2 is 2.47 bits per heavy atom. The molecule has 0 spiro atoms. The highest BCUT2D eigenvalue weighted by molar-refractivity contribution is 9.10. The van der Waals surface area contributed by atoms with Crippen molar-refractivity contribution in [3.63, 3.8) is 0 Å². The quantitative estimate of drug-likeness (QED) is 0.611. The SMILES string of the molecule is CC1Cc2cc(CN=C=O)cc(Br)c2O1. The van der Waals surface area contributed by atoms with Crippen LogP contribution in [0.4, 0.5) is 0 Å². The second kappa shape index (κ2) is 4.17. The maximum absolute atomic E-state index is 10.0. The number of ether oxygens (including phenoxy) is 1. The molecule has 78 valence electrons. The Bertz CT molecular complexity index is 438. The zero-order valence-electron chi connectivity index (χ0n) is 8.29. The van der Waals surface area contributed by atoms with E-state index in [0.717, 1.165) is 22.2 Å². The summed E-state index contributed by atoms with van der Waals surface area (Å²) in [5.41, 5.74) is 2.18. The number of fused-ring (bicyclic) bond motifs is 1. The number of rotatable bonds is 2. The molecule has 1 aliphatic rings. The van der Waals surface area contributed by atoms with Gasteiger partial charge in [0.05, 0.1) is 11.0 Å². The lowest BCUT2D eigenvalue weighted by Gasteiger charge is -2.05. The predicted octanol–water partition coefficient (Wildman–Crippen LogP) is 2.61. The van der Waals surface area contributed by atoms with E-state index in [-0.39, 0.29) is 6.10 Å². The fourth-order valence-electron chi connectivity index (χ4n) is 1.76. The van der Waals surface area contributed by atoms with Gasteiger partial charge in [-0.2, -0.15) is 0 Å². The fourth-order valence-corrected chi connectivity index (χ4v) is 2.41. The van der Waals surface area contributed by atoms with Crippen molar-refractivity contribution >= 4 is 22.0 Å². The van der Waals surface area contributed by atoms with E-state index >= 15 is 0 Å². The molecule has 1 aromatic carbocycles. The van der Waals surface area contributed by atoms with E-state index in [1.165, 1.54) is 5.56 Å². The molecule has 1 atom stereocenters. The van der Waals surface area contributed by atoms with Gasteiger partial charge in [0.2, 0.25) is 6.08 Å². The Labute approximate surface area is 96.3 Å². The number of nitrogens with zero attached hydrogens (tertiary/aromatic N) is 1. The smallest absolute Gasteiger partial charge is 0.235 e. The first-order chi connectivity index (χ1) is 7.20. The lowest BCUT2D eigenvalue weighted by atomic mass is 10.1. The molecule has 1 heterocycles. The van der Waals surface area contributed by atoms with Crippen LogP contribution < -0.4 is 4.74 Å². The van der Waals surface area contributed by atoms with Crippen LogP contribution in [0.5, 0.6) is 5.75 Å². The van der Waals surface area contributed by atoms with Crippen molar-refractivity contribution in [3.05, 3.63) is 27.7 Å². The van der Waals surface area contributed by atoms with E-state index in [4.69, 9.17) is 4.74 Å². The molecular weight excluding hydrogens is 258 g/mol. The van der Waals surface area contributed by atoms with Crippen molar-refractivity contribution < 1.29 is 9.53 Å². The molecule has 0 saturated carbocycles. The summed E-state index contributed by atoms with van der Waals surface area (Å²) >= 11 is 3.45. The van der Waals surface area contributed by atoms with Gasteiger partial charge >= 0.3 is 0 Å². The highest BCUT2D eigenvalue weighted by atomic mass is 79.9. The van der Waals surface area contributed by atoms with Gasteiger partial charge in [0.1, 0.15) is 11.9 Å². The average Bonchev–Trinajstić information content (AvgIpc) is 2.56. The minimum atomic E-state index is 0.223. The van der Waals surface area contributed by atoms with Crippen LogP contribution >= 0.6 is 15.9 Å². The Kier molecular flexibility index (Phi) is 2.89. The highest BCUT2D eigenvalue weighted by Crippen LogP contribution is 2.37. The molecule has 1 aromatic rings. The Balaban J connectivity index is 2.35. The van der Waals surface area contributed by atoms with Crippen LogP contribution in [0.15, 0.2) is 21.6 Å².